The number of likely N-dealkylation sites (N-methyl/N-ethyl adjacent to an activating group) is 1. The summed E-state index contributed by atoms with van der Waals surface area (Å²) in [4.78, 5) is 13.3. The van der Waals surface area contributed by atoms with Gasteiger partial charge < -0.3 is 0 Å². The summed E-state index contributed by atoms with van der Waals surface area (Å²) in [6.45, 7) is 3.69. The molecule has 0 saturated heterocycles. The first-order chi connectivity index (χ1) is 7.47. The van der Waals surface area contributed by atoms with Crippen LogP contribution in [0.3, 0.4) is 0 Å². The number of ketones is 1. The van der Waals surface area contributed by atoms with E-state index < -0.39 is 0 Å². The van der Waals surface area contributed by atoms with Gasteiger partial charge in [-0.2, -0.15) is 12.6 Å². The van der Waals surface area contributed by atoms with Gasteiger partial charge in [-0.05, 0) is 20.9 Å². The van der Waals surface area contributed by atoms with E-state index in [9.17, 15) is 4.79 Å². The molecule has 88 valence electrons. The van der Waals surface area contributed by atoms with Crippen LogP contribution in [0.15, 0.2) is 12.2 Å². The molecule has 4 unspecified atom stereocenters. The highest BCUT2D eigenvalue weighted by Gasteiger charge is 2.33. The molecule has 0 aliphatic heterocycles. The predicted molar refractivity (Wildman–Crippen MR) is 70.5 cm³/mol. The van der Waals surface area contributed by atoms with Crippen molar-refractivity contribution in [1.29, 1.82) is 0 Å². The second kappa shape index (κ2) is 5.56. The van der Waals surface area contributed by atoms with Crippen LogP contribution >= 0.6 is 12.6 Å². The number of Topliss-reactive ketones (excluding diaryl/α,β-unsaturated/α-hetero) is 1. The fourth-order valence-electron chi connectivity index (χ4n) is 2.00. The summed E-state index contributed by atoms with van der Waals surface area (Å²) < 4.78 is 0. The fraction of sp³-hybridized carbons (Fsp3) is 0.615. The van der Waals surface area contributed by atoms with Crippen LogP contribution in [-0.4, -0.2) is 35.1 Å². The first-order valence-electron chi connectivity index (χ1n) is 5.51. The fourth-order valence-corrected chi connectivity index (χ4v) is 2.28. The minimum absolute atomic E-state index is 0.0398. The van der Waals surface area contributed by atoms with Crippen LogP contribution < -0.4 is 0 Å². The Kier molecular flexibility index (Phi) is 4.64. The Bertz CT molecular complexity index is 331. The van der Waals surface area contributed by atoms with E-state index in [1.54, 1.807) is 6.92 Å². The summed E-state index contributed by atoms with van der Waals surface area (Å²) in [5.74, 6) is 3.17. The number of terminal acetylenes is 1. The Labute approximate surface area is 103 Å². The van der Waals surface area contributed by atoms with Gasteiger partial charge in [0.15, 0.2) is 0 Å². The highest BCUT2D eigenvalue weighted by Crippen LogP contribution is 2.30. The van der Waals surface area contributed by atoms with Crippen molar-refractivity contribution in [2.75, 3.05) is 7.05 Å². The van der Waals surface area contributed by atoms with Crippen molar-refractivity contribution < 1.29 is 4.79 Å². The maximum absolute atomic E-state index is 11.1. The molecule has 0 spiro atoms. The van der Waals surface area contributed by atoms with Crippen LogP contribution in [0.2, 0.25) is 0 Å². The van der Waals surface area contributed by atoms with E-state index in [1.807, 2.05) is 7.05 Å². The molecule has 2 nitrogen and oxygen atoms in total. The number of carbonyl (C=O) groups excluding carboxylic acids is 1. The average molecular weight is 237 g/mol. The number of hydrogen-bond donors (Lipinski definition) is 1. The molecule has 0 heterocycles. The lowest BCUT2D eigenvalue weighted by Gasteiger charge is -2.41. The van der Waals surface area contributed by atoms with Crippen LogP contribution in [0.1, 0.15) is 20.3 Å². The average Bonchev–Trinajstić information content (AvgIpc) is 2.14. The maximum atomic E-state index is 11.1. The number of carbonyl (C=O) groups is 1. The van der Waals surface area contributed by atoms with Crippen molar-refractivity contribution in [3.05, 3.63) is 12.2 Å². The van der Waals surface area contributed by atoms with Gasteiger partial charge in [-0.25, -0.2) is 0 Å². The van der Waals surface area contributed by atoms with Crippen LogP contribution in [0.4, 0.5) is 0 Å². The highest BCUT2D eigenvalue weighted by atomic mass is 32.1. The van der Waals surface area contributed by atoms with Crippen LogP contribution in [0.25, 0.3) is 0 Å². The van der Waals surface area contributed by atoms with Crippen LogP contribution in [0.5, 0.6) is 0 Å². The number of nitrogens with zero attached hydrogens (tertiary/aromatic N) is 1. The molecule has 0 N–H and O–H groups in total. The van der Waals surface area contributed by atoms with Crippen LogP contribution in [0, 0.1) is 18.3 Å². The Hall–Kier alpha value is -0.720. The summed E-state index contributed by atoms with van der Waals surface area (Å²) in [5, 5.41) is -0.0398. The van der Waals surface area contributed by atoms with Gasteiger partial charge in [-0.3, -0.25) is 9.69 Å². The van der Waals surface area contributed by atoms with Gasteiger partial charge in [0.05, 0.1) is 5.25 Å². The molecule has 0 aromatic carbocycles. The zero-order valence-electron chi connectivity index (χ0n) is 10.1. The van der Waals surface area contributed by atoms with Crippen LogP contribution in [-0.2, 0) is 4.79 Å². The first-order valence-corrected chi connectivity index (χ1v) is 6.03. The van der Waals surface area contributed by atoms with E-state index in [0.717, 1.165) is 0 Å². The second-order valence-electron chi connectivity index (χ2n) is 4.48. The summed E-state index contributed by atoms with van der Waals surface area (Å²) in [7, 11) is 2.03. The van der Waals surface area contributed by atoms with Crippen molar-refractivity contribution in [2.45, 2.75) is 37.6 Å². The van der Waals surface area contributed by atoms with E-state index in [1.165, 1.54) is 0 Å². The van der Waals surface area contributed by atoms with Gasteiger partial charge in [-0.15, -0.1) is 6.42 Å². The third-order valence-corrected chi connectivity index (χ3v) is 3.70. The predicted octanol–water partition coefficient (Wildman–Crippen LogP) is 1.77. The monoisotopic (exact) mass is 237 g/mol. The smallest absolute Gasteiger partial charge is 0.131 e. The van der Waals surface area contributed by atoms with E-state index in [0.29, 0.717) is 18.4 Å². The largest absolute Gasteiger partial charge is 0.300 e. The highest BCUT2D eigenvalue weighted by molar-refractivity contribution is 7.81. The van der Waals surface area contributed by atoms with E-state index in [-0.39, 0.29) is 17.1 Å². The zero-order chi connectivity index (χ0) is 12.3. The lowest BCUT2D eigenvalue weighted by molar-refractivity contribution is -0.118. The van der Waals surface area contributed by atoms with Gasteiger partial charge in [0.2, 0.25) is 0 Å². The van der Waals surface area contributed by atoms with E-state index >= 15 is 0 Å². The molecule has 4 atom stereocenters. The number of hydrogen-bond acceptors (Lipinski definition) is 3. The van der Waals surface area contributed by atoms with Crippen molar-refractivity contribution in [3.63, 3.8) is 0 Å². The zero-order valence-corrected chi connectivity index (χ0v) is 10.9. The number of rotatable bonds is 5. The van der Waals surface area contributed by atoms with Gasteiger partial charge in [0, 0.05) is 24.4 Å². The lowest BCUT2D eigenvalue weighted by atomic mass is 9.84. The molecule has 0 amide bonds. The third-order valence-electron chi connectivity index (χ3n) is 3.21. The minimum atomic E-state index is -0.0398. The first kappa shape index (κ1) is 13.3. The molecule has 0 bridgehead atoms. The van der Waals surface area contributed by atoms with Gasteiger partial charge >= 0.3 is 0 Å². The quantitative estimate of drug-likeness (QED) is 0.447. The molecule has 1 aliphatic rings. The summed E-state index contributed by atoms with van der Waals surface area (Å²) in [6, 6.07) is 0.557. The molecule has 0 saturated carbocycles. The summed E-state index contributed by atoms with van der Waals surface area (Å²) in [6.07, 6.45) is 10.2. The van der Waals surface area contributed by atoms with Crippen molar-refractivity contribution in [3.8, 4) is 12.3 Å². The minimum Gasteiger partial charge on any atom is -0.300 e. The lowest BCUT2D eigenvalue weighted by Crippen LogP contribution is -2.48. The Morgan fingerprint density at radius 3 is 2.62 bits per heavy atom. The molecular weight excluding hydrogens is 218 g/mol. The van der Waals surface area contributed by atoms with E-state index in [2.05, 4.69) is 42.5 Å². The standard InChI is InChI=1S/C13H19NOS/c1-5-13(16)11-6-7-12(11)14(4)9(2)8-10(3)15/h1,6-7,9,11-13,16H,8H2,2-4H3. The molecule has 1 aliphatic carbocycles. The summed E-state index contributed by atoms with van der Waals surface area (Å²) in [5.41, 5.74) is 0. The van der Waals surface area contributed by atoms with Crippen molar-refractivity contribution in [1.82, 2.24) is 4.90 Å². The van der Waals surface area contributed by atoms with Gasteiger partial charge in [0.25, 0.3) is 0 Å². The maximum Gasteiger partial charge on any atom is 0.131 e. The topological polar surface area (TPSA) is 20.3 Å². The SMILES string of the molecule is C#CC(S)C1C=CC1N(C)C(C)CC(C)=O. The normalized spacial score (nSPS) is 27.0. The second-order valence-corrected chi connectivity index (χ2v) is 5.04. The molecule has 0 aromatic heterocycles. The molecule has 0 aromatic rings. The molecule has 0 radical (unpaired) electrons. The molecular formula is C13H19NOS. The van der Waals surface area contributed by atoms with Gasteiger partial charge in [-0.1, -0.05) is 18.1 Å². The molecule has 1 rings (SSSR count). The summed E-state index contributed by atoms with van der Waals surface area (Å²) >= 11 is 4.37. The molecule has 16 heavy (non-hydrogen) atoms. The Morgan fingerprint density at radius 1 is 1.62 bits per heavy atom. The van der Waals surface area contributed by atoms with Crippen molar-refractivity contribution in [2.24, 2.45) is 5.92 Å². The number of thiol groups is 1. The van der Waals surface area contributed by atoms with E-state index in [4.69, 9.17) is 6.42 Å². The third kappa shape index (κ3) is 2.90. The molecule has 0 fully saturated rings. The Balaban J connectivity index is 2.56. The molecule has 3 heteroatoms. The Morgan fingerprint density at radius 2 is 2.25 bits per heavy atom. The van der Waals surface area contributed by atoms with Gasteiger partial charge in [0.1, 0.15) is 5.78 Å². The van der Waals surface area contributed by atoms with Crippen molar-refractivity contribution >= 4 is 18.4 Å².